The van der Waals surface area contributed by atoms with E-state index in [1.54, 1.807) is 0 Å². The number of halogens is 1. The van der Waals surface area contributed by atoms with Crippen molar-refractivity contribution in [2.75, 3.05) is 31.6 Å². The predicted molar refractivity (Wildman–Crippen MR) is 146 cm³/mol. The van der Waals surface area contributed by atoms with E-state index in [-0.39, 0.29) is 0 Å². The van der Waals surface area contributed by atoms with Crippen LogP contribution in [0.5, 0.6) is 5.75 Å². The first-order valence-corrected chi connectivity index (χ1v) is 12.9. The zero-order chi connectivity index (χ0) is 25.0. The first kappa shape index (κ1) is 23.5. The maximum atomic E-state index is 6.13. The van der Waals surface area contributed by atoms with E-state index in [2.05, 4.69) is 20.3 Å². The number of nitrogens with one attached hydrogen (secondary N) is 1. The lowest BCUT2D eigenvalue weighted by molar-refractivity contribution is 0.238. The molecule has 9 heteroatoms. The van der Waals surface area contributed by atoms with Gasteiger partial charge in [-0.15, -0.1) is 5.10 Å². The Labute approximate surface area is 220 Å². The molecule has 188 valence electrons. The molecule has 0 aliphatic carbocycles. The van der Waals surface area contributed by atoms with Crippen LogP contribution in [0.2, 0.25) is 5.02 Å². The van der Waals surface area contributed by atoms with E-state index in [0.29, 0.717) is 19.1 Å². The summed E-state index contributed by atoms with van der Waals surface area (Å²) in [6.45, 7) is 4.70. The Morgan fingerprint density at radius 2 is 1.81 bits per heavy atom. The van der Waals surface area contributed by atoms with Gasteiger partial charge in [0.2, 0.25) is 5.95 Å². The first-order valence-electron chi connectivity index (χ1n) is 12.5. The molecule has 0 saturated carbocycles. The summed E-state index contributed by atoms with van der Waals surface area (Å²) in [5.41, 5.74) is 4.62. The molecule has 0 spiro atoms. The SMILES string of the molecule is Clc1cccc(Cn2cc(-c3cccc4nc(Nc5ccc(OCCN6CCCC6)cc5)nn34)cn2)c1. The highest BCUT2D eigenvalue weighted by Crippen LogP contribution is 2.23. The summed E-state index contributed by atoms with van der Waals surface area (Å²) in [6.07, 6.45) is 6.45. The lowest BCUT2D eigenvalue weighted by Gasteiger charge is -2.15. The normalized spacial score (nSPS) is 13.9. The first-order chi connectivity index (χ1) is 18.2. The minimum Gasteiger partial charge on any atom is -0.492 e. The van der Waals surface area contributed by atoms with Crippen LogP contribution in [0.15, 0.2) is 79.1 Å². The monoisotopic (exact) mass is 513 g/mol. The van der Waals surface area contributed by atoms with Crippen molar-refractivity contribution in [1.82, 2.24) is 29.3 Å². The van der Waals surface area contributed by atoms with E-state index in [0.717, 1.165) is 45.5 Å². The van der Waals surface area contributed by atoms with E-state index in [1.807, 2.05) is 88.3 Å². The molecule has 1 aliphatic rings. The molecule has 1 aliphatic heterocycles. The standard InChI is InChI=1S/C28H28ClN7O/c29-23-6-3-5-21(17-23)19-35-20-22(18-30-35)26-7-4-8-27-32-28(33-36(26)27)31-24-9-11-25(12-10-24)37-16-15-34-13-1-2-14-34/h3-12,17-18,20H,1-2,13-16,19H2,(H,31,33). The fourth-order valence-corrected chi connectivity index (χ4v) is 4.86. The van der Waals surface area contributed by atoms with Gasteiger partial charge in [-0.05, 0) is 80.0 Å². The van der Waals surface area contributed by atoms with Crippen LogP contribution < -0.4 is 10.1 Å². The average molecular weight is 514 g/mol. The summed E-state index contributed by atoms with van der Waals surface area (Å²) in [5, 5.41) is 13.3. The molecule has 0 atom stereocenters. The van der Waals surface area contributed by atoms with Gasteiger partial charge >= 0.3 is 0 Å². The number of pyridine rings is 1. The minimum atomic E-state index is 0.529. The van der Waals surface area contributed by atoms with Gasteiger partial charge in [0.15, 0.2) is 5.65 Å². The molecule has 0 bridgehead atoms. The lowest BCUT2D eigenvalue weighted by atomic mass is 10.2. The van der Waals surface area contributed by atoms with Crippen molar-refractivity contribution in [2.24, 2.45) is 0 Å². The molecule has 8 nitrogen and oxygen atoms in total. The molecular weight excluding hydrogens is 486 g/mol. The lowest BCUT2D eigenvalue weighted by Crippen LogP contribution is -2.25. The maximum Gasteiger partial charge on any atom is 0.247 e. The quantitative estimate of drug-likeness (QED) is 0.280. The number of hydrogen-bond donors (Lipinski definition) is 1. The smallest absolute Gasteiger partial charge is 0.247 e. The van der Waals surface area contributed by atoms with Crippen molar-refractivity contribution >= 4 is 28.9 Å². The minimum absolute atomic E-state index is 0.529. The summed E-state index contributed by atoms with van der Waals surface area (Å²) in [4.78, 5) is 7.10. The second-order valence-electron chi connectivity index (χ2n) is 9.22. The van der Waals surface area contributed by atoms with Gasteiger partial charge in [0.05, 0.1) is 18.4 Å². The molecule has 37 heavy (non-hydrogen) atoms. The van der Waals surface area contributed by atoms with Crippen molar-refractivity contribution in [2.45, 2.75) is 19.4 Å². The number of hydrogen-bond acceptors (Lipinski definition) is 6. The van der Waals surface area contributed by atoms with Crippen LogP contribution in [-0.4, -0.2) is 55.5 Å². The van der Waals surface area contributed by atoms with Crippen molar-refractivity contribution < 1.29 is 4.74 Å². The number of nitrogens with zero attached hydrogens (tertiary/aromatic N) is 6. The van der Waals surface area contributed by atoms with Gasteiger partial charge in [0.1, 0.15) is 12.4 Å². The fraction of sp³-hybridized carbons (Fsp3) is 0.250. The van der Waals surface area contributed by atoms with Crippen LogP contribution >= 0.6 is 11.6 Å². The van der Waals surface area contributed by atoms with Gasteiger partial charge in [-0.3, -0.25) is 9.58 Å². The van der Waals surface area contributed by atoms with Crippen LogP contribution in [0.25, 0.3) is 16.9 Å². The van der Waals surface area contributed by atoms with Gasteiger partial charge in [0, 0.05) is 29.0 Å². The van der Waals surface area contributed by atoms with Gasteiger partial charge in [-0.2, -0.15) is 10.1 Å². The van der Waals surface area contributed by atoms with Gasteiger partial charge in [-0.1, -0.05) is 29.8 Å². The number of ether oxygens (including phenoxy) is 1. The number of rotatable bonds is 9. The van der Waals surface area contributed by atoms with Crippen molar-refractivity contribution in [3.63, 3.8) is 0 Å². The van der Waals surface area contributed by atoms with Crippen LogP contribution in [0.3, 0.4) is 0 Å². The van der Waals surface area contributed by atoms with Crippen molar-refractivity contribution in [1.29, 1.82) is 0 Å². The highest BCUT2D eigenvalue weighted by molar-refractivity contribution is 6.30. The van der Waals surface area contributed by atoms with E-state index < -0.39 is 0 Å². The molecule has 0 radical (unpaired) electrons. The molecule has 1 N–H and O–H groups in total. The Morgan fingerprint density at radius 3 is 2.65 bits per heavy atom. The fourth-order valence-electron chi connectivity index (χ4n) is 4.64. The molecule has 1 fully saturated rings. The summed E-state index contributed by atoms with van der Waals surface area (Å²) < 4.78 is 9.64. The highest BCUT2D eigenvalue weighted by Gasteiger charge is 2.12. The Balaban J connectivity index is 1.13. The largest absolute Gasteiger partial charge is 0.492 e. The molecule has 2 aromatic carbocycles. The van der Waals surface area contributed by atoms with Gasteiger partial charge in [0.25, 0.3) is 0 Å². The molecule has 0 amide bonds. The molecule has 0 unspecified atom stereocenters. The third-order valence-electron chi connectivity index (χ3n) is 6.51. The van der Waals surface area contributed by atoms with E-state index in [9.17, 15) is 0 Å². The molecule has 5 aromatic rings. The molecule has 3 aromatic heterocycles. The zero-order valence-corrected chi connectivity index (χ0v) is 21.2. The molecule has 4 heterocycles. The third kappa shape index (κ3) is 5.60. The summed E-state index contributed by atoms with van der Waals surface area (Å²) in [6, 6.07) is 21.7. The molecule has 1 saturated heterocycles. The van der Waals surface area contributed by atoms with Gasteiger partial charge < -0.3 is 10.1 Å². The zero-order valence-electron chi connectivity index (χ0n) is 20.4. The number of aromatic nitrogens is 5. The Morgan fingerprint density at radius 1 is 0.973 bits per heavy atom. The summed E-state index contributed by atoms with van der Waals surface area (Å²) in [5.74, 6) is 1.39. The number of benzene rings is 2. The third-order valence-corrected chi connectivity index (χ3v) is 6.74. The second kappa shape index (κ2) is 10.6. The second-order valence-corrected chi connectivity index (χ2v) is 9.66. The predicted octanol–water partition coefficient (Wildman–Crippen LogP) is 5.51. The highest BCUT2D eigenvalue weighted by atomic mass is 35.5. The Hall–Kier alpha value is -3.88. The average Bonchev–Trinajstić information content (AvgIpc) is 3.66. The number of likely N-dealkylation sites (tertiary alicyclic amines) is 1. The van der Waals surface area contributed by atoms with E-state index in [1.165, 1.54) is 25.9 Å². The molecule has 6 rings (SSSR count). The van der Waals surface area contributed by atoms with Crippen molar-refractivity contribution in [3.8, 4) is 17.0 Å². The summed E-state index contributed by atoms with van der Waals surface area (Å²) in [7, 11) is 0. The van der Waals surface area contributed by atoms with E-state index >= 15 is 0 Å². The van der Waals surface area contributed by atoms with Crippen LogP contribution in [0.4, 0.5) is 11.6 Å². The van der Waals surface area contributed by atoms with Crippen LogP contribution in [0.1, 0.15) is 18.4 Å². The van der Waals surface area contributed by atoms with E-state index in [4.69, 9.17) is 21.4 Å². The van der Waals surface area contributed by atoms with Crippen molar-refractivity contribution in [3.05, 3.63) is 89.7 Å². The number of anilines is 2. The topological polar surface area (TPSA) is 72.5 Å². The Bertz CT molecular complexity index is 1490. The summed E-state index contributed by atoms with van der Waals surface area (Å²) >= 11 is 6.13. The van der Waals surface area contributed by atoms with Crippen LogP contribution in [-0.2, 0) is 6.54 Å². The number of fused-ring (bicyclic) bond motifs is 1. The molecular formula is C28H28ClN7O. The van der Waals surface area contributed by atoms with Crippen LogP contribution in [0, 0.1) is 0 Å². The van der Waals surface area contributed by atoms with Gasteiger partial charge in [-0.25, -0.2) is 4.52 Å². The Kier molecular flexibility index (Phi) is 6.75. The maximum absolute atomic E-state index is 6.13.